The number of amides is 1. The van der Waals surface area contributed by atoms with Crippen molar-refractivity contribution < 1.29 is 17.9 Å². The lowest BCUT2D eigenvalue weighted by molar-refractivity contribution is 0.0641. The van der Waals surface area contributed by atoms with E-state index in [2.05, 4.69) is 5.32 Å². The Balaban J connectivity index is 2.05. The van der Waals surface area contributed by atoms with E-state index >= 15 is 0 Å². The second kappa shape index (κ2) is 6.81. The SMILES string of the molecule is CCn1cc(S(=O)(=O)Cl)cc1C(=O)NCC1CCOCC1. The first-order valence-corrected chi connectivity index (χ1v) is 9.23. The molecule has 118 valence electrons. The summed E-state index contributed by atoms with van der Waals surface area (Å²) in [6.07, 6.45) is 3.23. The van der Waals surface area contributed by atoms with E-state index in [0.29, 0.717) is 24.7 Å². The molecule has 6 nitrogen and oxygen atoms in total. The van der Waals surface area contributed by atoms with Crippen molar-refractivity contribution in [2.75, 3.05) is 19.8 Å². The third-order valence-electron chi connectivity index (χ3n) is 3.62. The summed E-state index contributed by atoms with van der Waals surface area (Å²) < 4.78 is 29.5. The molecule has 1 amide bonds. The van der Waals surface area contributed by atoms with Crippen molar-refractivity contribution in [3.05, 3.63) is 18.0 Å². The van der Waals surface area contributed by atoms with Crippen molar-refractivity contribution in [2.24, 2.45) is 5.92 Å². The van der Waals surface area contributed by atoms with Crippen molar-refractivity contribution in [1.82, 2.24) is 9.88 Å². The molecule has 0 aliphatic carbocycles. The number of rotatable bonds is 5. The molecule has 0 spiro atoms. The number of carbonyl (C=O) groups is 1. The third-order valence-corrected chi connectivity index (χ3v) is 4.94. The third kappa shape index (κ3) is 4.21. The van der Waals surface area contributed by atoms with Gasteiger partial charge >= 0.3 is 0 Å². The quantitative estimate of drug-likeness (QED) is 0.829. The molecule has 1 fully saturated rings. The lowest BCUT2D eigenvalue weighted by Gasteiger charge is -2.22. The smallest absolute Gasteiger partial charge is 0.267 e. The van der Waals surface area contributed by atoms with E-state index in [1.807, 2.05) is 6.92 Å². The van der Waals surface area contributed by atoms with Crippen molar-refractivity contribution in [2.45, 2.75) is 31.2 Å². The van der Waals surface area contributed by atoms with Crippen LogP contribution in [0.15, 0.2) is 17.2 Å². The summed E-state index contributed by atoms with van der Waals surface area (Å²) in [4.78, 5) is 12.2. The molecule has 2 heterocycles. The van der Waals surface area contributed by atoms with E-state index in [1.54, 1.807) is 4.57 Å². The van der Waals surface area contributed by atoms with E-state index in [-0.39, 0.29) is 10.8 Å². The minimum absolute atomic E-state index is 0.0535. The van der Waals surface area contributed by atoms with E-state index in [4.69, 9.17) is 15.4 Å². The maximum Gasteiger partial charge on any atom is 0.267 e. The Labute approximate surface area is 128 Å². The summed E-state index contributed by atoms with van der Waals surface area (Å²) in [6, 6.07) is 1.31. The Morgan fingerprint density at radius 2 is 2.14 bits per heavy atom. The lowest BCUT2D eigenvalue weighted by atomic mass is 10.0. The minimum atomic E-state index is -3.83. The van der Waals surface area contributed by atoms with Gasteiger partial charge in [0.2, 0.25) is 0 Å². The highest BCUT2D eigenvalue weighted by molar-refractivity contribution is 8.13. The van der Waals surface area contributed by atoms with Gasteiger partial charge in [-0.05, 0) is 31.7 Å². The van der Waals surface area contributed by atoms with Crippen LogP contribution in [0.5, 0.6) is 0 Å². The molecule has 0 unspecified atom stereocenters. The van der Waals surface area contributed by atoms with Gasteiger partial charge in [0, 0.05) is 43.2 Å². The topological polar surface area (TPSA) is 77.4 Å². The number of halogens is 1. The van der Waals surface area contributed by atoms with Crippen LogP contribution >= 0.6 is 10.7 Å². The molecule has 1 aromatic rings. The number of hydrogen-bond donors (Lipinski definition) is 1. The largest absolute Gasteiger partial charge is 0.381 e. The molecule has 21 heavy (non-hydrogen) atoms. The highest BCUT2D eigenvalue weighted by Crippen LogP contribution is 2.19. The van der Waals surface area contributed by atoms with Crippen LogP contribution in [0.25, 0.3) is 0 Å². The van der Waals surface area contributed by atoms with Crippen LogP contribution in [-0.4, -0.2) is 38.7 Å². The molecule has 1 aliphatic heterocycles. The zero-order valence-corrected chi connectivity index (χ0v) is 13.4. The summed E-state index contributed by atoms with van der Waals surface area (Å²) in [7, 11) is 1.49. The van der Waals surface area contributed by atoms with E-state index in [9.17, 15) is 13.2 Å². The predicted octanol–water partition coefficient (Wildman–Crippen LogP) is 1.59. The van der Waals surface area contributed by atoms with Gasteiger partial charge in [-0.1, -0.05) is 0 Å². The second-order valence-corrected chi connectivity index (χ2v) is 7.62. The molecule has 2 rings (SSSR count). The van der Waals surface area contributed by atoms with Crippen LogP contribution < -0.4 is 5.32 Å². The Hall–Kier alpha value is -1.05. The van der Waals surface area contributed by atoms with Gasteiger partial charge in [-0.15, -0.1) is 0 Å². The molecule has 1 saturated heterocycles. The molecular weight excluding hydrogens is 316 g/mol. The van der Waals surface area contributed by atoms with Gasteiger partial charge in [-0.2, -0.15) is 0 Å². The second-order valence-electron chi connectivity index (χ2n) is 5.05. The van der Waals surface area contributed by atoms with Crippen LogP contribution in [0.1, 0.15) is 30.3 Å². The van der Waals surface area contributed by atoms with Crippen molar-refractivity contribution in [3.8, 4) is 0 Å². The molecule has 0 radical (unpaired) electrons. The standard InChI is InChI=1S/C13H19ClN2O4S/c1-2-16-9-11(21(14,18)19)7-12(16)13(17)15-8-10-3-5-20-6-4-10/h7,9-10H,2-6,8H2,1H3,(H,15,17). The zero-order chi connectivity index (χ0) is 15.5. The molecule has 1 aliphatic rings. The lowest BCUT2D eigenvalue weighted by Crippen LogP contribution is -2.33. The average Bonchev–Trinajstić information content (AvgIpc) is 2.90. The maximum atomic E-state index is 12.2. The number of carbonyl (C=O) groups excluding carboxylic acids is 1. The van der Waals surface area contributed by atoms with Crippen molar-refractivity contribution >= 4 is 25.6 Å². The van der Waals surface area contributed by atoms with Crippen LogP contribution in [0, 0.1) is 5.92 Å². The van der Waals surface area contributed by atoms with Crippen LogP contribution in [0.4, 0.5) is 0 Å². The van der Waals surface area contributed by atoms with Gasteiger partial charge in [0.1, 0.15) is 10.6 Å². The fraction of sp³-hybridized carbons (Fsp3) is 0.615. The van der Waals surface area contributed by atoms with Gasteiger partial charge in [0.05, 0.1) is 0 Å². The molecular formula is C13H19ClN2O4S. The summed E-state index contributed by atoms with van der Waals surface area (Å²) in [5, 5.41) is 2.85. The first-order chi connectivity index (χ1) is 9.91. The minimum Gasteiger partial charge on any atom is -0.381 e. The summed E-state index contributed by atoms with van der Waals surface area (Å²) in [5.74, 6) is 0.124. The number of ether oxygens (including phenoxy) is 1. The molecule has 0 saturated carbocycles. The number of aryl methyl sites for hydroxylation is 1. The van der Waals surface area contributed by atoms with Crippen molar-refractivity contribution in [3.63, 3.8) is 0 Å². The Kier molecular flexibility index (Phi) is 5.29. The molecule has 8 heteroatoms. The average molecular weight is 335 g/mol. The number of aromatic nitrogens is 1. The van der Waals surface area contributed by atoms with Gasteiger partial charge in [-0.25, -0.2) is 8.42 Å². The van der Waals surface area contributed by atoms with E-state index < -0.39 is 9.05 Å². The Morgan fingerprint density at radius 1 is 1.48 bits per heavy atom. The molecule has 0 bridgehead atoms. The van der Waals surface area contributed by atoms with Gasteiger partial charge < -0.3 is 14.6 Å². The van der Waals surface area contributed by atoms with Crippen LogP contribution in [0.3, 0.4) is 0 Å². The molecule has 0 aromatic carbocycles. The Morgan fingerprint density at radius 3 is 2.71 bits per heavy atom. The summed E-state index contributed by atoms with van der Waals surface area (Å²) in [5.41, 5.74) is 0.309. The number of nitrogens with zero attached hydrogens (tertiary/aromatic N) is 1. The highest BCUT2D eigenvalue weighted by Gasteiger charge is 2.20. The zero-order valence-electron chi connectivity index (χ0n) is 11.8. The van der Waals surface area contributed by atoms with Crippen molar-refractivity contribution in [1.29, 1.82) is 0 Å². The first-order valence-electron chi connectivity index (χ1n) is 6.92. The molecule has 1 aromatic heterocycles. The fourth-order valence-electron chi connectivity index (χ4n) is 2.35. The van der Waals surface area contributed by atoms with E-state index in [1.165, 1.54) is 12.3 Å². The van der Waals surface area contributed by atoms with Gasteiger partial charge in [-0.3, -0.25) is 4.79 Å². The van der Waals surface area contributed by atoms with E-state index in [0.717, 1.165) is 26.1 Å². The molecule has 1 N–H and O–H groups in total. The highest BCUT2D eigenvalue weighted by atomic mass is 35.7. The maximum absolute atomic E-state index is 12.2. The summed E-state index contributed by atoms with van der Waals surface area (Å²) in [6.45, 7) is 4.34. The predicted molar refractivity (Wildman–Crippen MR) is 79.0 cm³/mol. The summed E-state index contributed by atoms with van der Waals surface area (Å²) >= 11 is 0. The molecule has 0 atom stereocenters. The van der Waals surface area contributed by atoms with Crippen LogP contribution in [0.2, 0.25) is 0 Å². The normalized spacial score (nSPS) is 16.9. The fourth-order valence-corrected chi connectivity index (χ4v) is 3.11. The monoisotopic (exact) mass is 334 g/mol. The van der Waals surface area contributed by atoms with Crippen LogP contribution in [-0.2, 0) is 20.3 Å². The number of nitrogens with one attached hydrogen (secondary N) is 1. The van der Waals surface area contributed by atoms with Gasteiger partial charge in [0.15, 0.2) is 0 Å². The number of hydrogen-bond acceptors (Lipinski definition) is 4. The Bertz CT molecular complexity index is 606. The first kappa shape index (κ1) is 16.3. The van der Waals surface area contributed by atoms with Gasteiger partial charge in [0.25, 0.3) is 15.0 Å².